The van der Waals surface area contributed by atoms with Crippen LogP contribution in [0.5, 0.6) is 0 Å². The summed E-state index contributed by atoms with van der Waals surface area (Å²) in [6.07, 6.45) is -12.8. The van der Waals surface area contributed by atoms with Gasteiger partial charge in [-0.1, -0.05) is 24.3 Å². The van der Waals surface area contributed by atoms with Gasteiger partial charge < -0.3 is 4.90 Å². The van der Waals surface area contributed by atoms with Crippen LogP contribution in [0.2, 0.25) is 0 Å². The summed E-state index contributed by atoms with van der Waals surface area (Å²) in [7, 11) is -5.71. The Morgan fingerprint density at radius 2 is 1.57 bits per heavy atom. The van der Waals surface area contributed by atoms with E-state index in [-0.39, 0.29) is 60.4 Å². The number of aryl methyl sites for hydroxylation is 1. The average Bonchev–Trinajstić information content (AvgIpc) is 3.33. The molecule has 0 aromatic heterocycles. The zero-order chi connectivity index (χ0) is 30.9. The Balaban J connectivity index is 1.67. The second kappa shape index (κ2) is 10.3. The van der Waals surface area contributed by atoms with Crippen LogP contribution in [0.3, 0.4) is 0 Å². The monoisotopic (exact) mass is 643 g/mol. The summed E-state index contributed by atoms with van der Waals surface area (Å²) in [5.41, 5.74) is -7.83. The van der Waals surface area contributed by atoms with Gasteiger partial charge in [-0.2, -0.15) is 26.3 Å². The Morgan fingerprint density at radius 1 is 0.929 bits per heavy atom. The van der Waals surface area contributed by atoms with Crippen LogP contribution in [0.15, 0.2) is 47.4 Å². The van der Waals surface area contributed by atoms with E-state index in [1.54, 1.807) is 0 Å². The summed E-state index contributed by atoms with van der Waals surface area (Å²) in [5, 5.41) is 0. The lowest BCUT2D eigenvalue weighted by atomic mass is 9.76. The van der Waals surface area contributed by atoms with Crippen LogP contribution in [0.4, 0.5) is 35.1 Å². The zero-order valence-corrected chi connectivity index (χ0v) is 23.4. The van der Waals surface area contributed by atoms with Crippen molar-refractivity contribution in [2.24, 2.45) is 5.92 Å². The van der Waals surface area contributed by atoms with Crippen molar-refractivity contribution in [1.29, 1.82) is 0 Å². The van der Waals surface area contributed by atoms with Crippen LogP contribution in [0.1, 0.15) is 42.4 Å². The molecule has 1 aliphatic carbocycles. The Bertz CT molecular complexity index is 1520. The average molecular weight is 644 g/mol. The molecule has 5 rings (SSSR count). The molecule has 2 saturated heterocycles. The Hall–Kier alpha value is -2.55. The number of carbonyl (C=O) groups is 1. The number of sulfone groups is 1. The summed E-state index contributed by atoms with van der Waals surface area (Å²) in [6.45, 7) is -0.100. The fourth-order valence-corrected chi connectivity index (χ4v) is 10.3. The third-order valence-electron chi connectivity index (χ3n) is 8.67. The molecule has 2 atom stereocenters. The van der Waals surface area contributed by atoms with Crippen molar-refractivity contribution in [1.82, 2.24) is 4.90 Å². The number of nitrogens with zero attached hydrogens (tertiary/aromatic N) is 1. The van der Waals surface area contributed by atoms with Crippen molar-refractivity contribution in [2.75, 3.05) is 18.1 Å². The minimum Gasteiger partial charge on any atom is -0.337 e. The number of amides is 1. The maximum absolute atomic E-state index is 14.9. The molecule has 1 amide bonds. The summed E-state index contributed by atoms with van der Waals surface area (Å²) in [4.78, 5) is 14.5. The first-order chi connectivity index (χ1) is 19.4. The highest BCUT2D eigenvalue weighted by Gasteiger charge is 2.74. The van der Waals surface area contributed by atoms with Crippen LogP contribution < -0.4 is 0 Å². The van der Waals surface area contributed by atoms with Gasteiger partial charge >= 0.3 is 18.0 Å². The molecule has 2 heterocycles. The fourth-order valence-electron chi connectivity index (χ4n) is 6.61. The molecule has 42 heavy (non-hydrogen) atoms. The third-order valence-corrected chi connectivity index (χ3v) is 12.6. The van der Waals surface area contributed by atoms with Gasteiger partial charge in [0.1, 0.15) is 10.6 Å². The van der Waals surface area contributed by atoms with Crippen molar-refractivity contribution in [3.05, 3.63) is 65.0 Å². The molecule has 0 N–H and O–H groups in total. The molecule has 0 bridgehead atoms. The predicted molar refractivity (Wildman–Crippen MR) is 136 cm³/mol. The number of likely N-dealkylation sites (tertiary alicyclic amines) is 1. The van der Waals surface area contributed by atoms with Crippen molar-refractivity contribution in [3.63, 3.8) is 0 Å². The maximum Gasteiger partial charge on any atom is 0.435 e. The van der Waals surface area contributed by atoms with Gasteiger partial charge in [-0.05, 0) is 61.4 Å². The highest BCUT2D eigenvalue weighted by atomic mass is 32.2. The van der Waals surface area contributed by atoms with E-state index in [4.69, 9.17) is 0 Å². The summed E-state index contributed by atoms with van der Waals surface area (Å²) < 4.78 is 149. The zero-order valence-electron chi connectivity index (χ0n) is 21.8. The normalized spacial score (nSPS) is 27.0. The summed E-state index contributed by atoms with van der Waals surface area (Å²) in [5.74, 6) is -1.24. The molecule has 15 heteroatoms. The van der Waals surface area contributed by atoms with Gasteiger partial charge in [0.15, 0.2) is 9.84 Å². The number of alkyl halides is 7. The molecule has 230 valence electrons. The van der Waals surface area contributed by atoms with Gasteiger partial charge in [-0.25, -0.2) is 17.2 Å². The lowest BCUT2D eigenvalue weighted by Gasteiger charge is -2.43. The number of hydrogen-bond donors (Lipinski definition) is 0. The quantitative estimate of drug-likeness (QED) is 0.414. The van der Waals surface area contributed by atoms with Crippen LogP contribution in [0, 0.1) is 11.7 Å². The summed E-state index contributed by atoms with van der Waals surface area (Å²) in [6, 6.07) is 4.38. The number of carbonyl (C=O) groups excluding carboxylic acids is 1. The maximum atomic E-state index is 14.9. The number of rotatable bonds is 4. The van der Waals surface area contributed by atoms with Gasteiger partial charge in [0.2, 0.25) is 5.91 Å². The molecule has 2 aliphatic heterocycles. The number of benzene rings is 2. The molecule has 0 spiro atoms. The van der Waals surface area contributed by atoms with Crippen LogP contribution in [-0.2, 0) is 42.3 Å². The Labute approximate surface area is 238 Å². The van der Waals surface area contributed by atoms with E-state index in [0.717, 1.165) is 30.3 Å². The predicted octanol–water partition coefficient (Wildman–Crippen LogP) is 5.49. The first kappa shape index (κ1) is 30.9. The van der Waals surface area contributed by atoms with Crippen molar-refractivity contribution < 1.29 is 52.5 Å². The first-order valence-corrected chi connectivity index (χ1v) is 16.0. The molecule has 2 unspecified atom stereocenters. The highest BCUT2D eigenvalue weighted by molar-refractivity contribution is 7.92. The first-order valence-electron chi connectivity index (χ1n) is 13.1. The summed E-state index contributed by atoms with van der Waals surface area (Å²) >= 11 is 0. The van der Waals surface area contributed by atoms with E-state index in [1.807, 2.05) is 0 Å². The van der Waals surface area contributed by atoms with E-state index >= 15 is 0 Å². The molecular weight excluding hydrogens is 618 g/mol. The van der Waals surface area contributed by atoms with Gasteiger partial charge in [0.25, 0.3) is 0 Å². The second-order valence-corrected chi connectivity index (χ2v) is 14.7. The molecule has 0 radical (unpaired) electrons. The molecule has 3 aliphatic rings. The molecule has 2 aromatic carbocycles. The van der Waals surface area contributed by atoms with E-state index < -0.39 is 71.6 Å². The van der Waals surface area contributed by atoms with E-state index in [9.17, 15) is 52.5 Å². The fraction of sp³-hybridized carbons (Fsp3) is 0.519. The number of fused-ring (bicyclic) bond motifs is 3. The van der Waals surface area contributed by atoms with E-state index in [1.165, 1.54) is 4.90 Å². The lowest BCUT2D eigenvalue weighted by molar-refractivity contribution is -0.348. The minimum absolute atomic E-state index is 0.100. The van der Waals surface area contributed by atoms with Gasteiger partial charge in [0.05, 0.1) is 10.9 Å². The standard InChI is InChI=1S/C27H25F8NO4S2/c28-19-2-1-3-20(15-19)42(39,40)24-10-11-36(23(37)16-8-12-41(38)13-9-16)22(24)7-4-17-14-18(5-6-21(17)24)25(29,26(30,31)32)27(33,34)35/h1-3,5-6,14-16,22H,4,7-13H2. The molecule has 5 nitrogen and oxygen atoms in total. The highest BCUT2D eigenvalue weighted by Crippen LogP contribution is 2.57. The van der Waals surface area contributed by atoms with Crippen molar-refractivity contribution >= 4 is 26.5 Å². The van der Waals surface area contributed by atoms with E-state index in [2.05, 4.69) is 0 Å². The Kier molecular flexibility index (Phi) is 7.56. The Morgan fingerprint density at radius 3 is 2.17 bits per heavy atom. The topological polar surface area (TPSA) is 71.5 Å². The molecule has 2 fully saturated rings. The molecule has 0 saturated carbocycles. The minimum atomic E-state index is -6.36. The molecule has 2 aromatic rings. The van der Waals surface area contributed by atoms with Gasteiger partial charge in [-0.15, -0.1) is 0 Å². The largest absolute Gasteiger partial charge is 0.435 e. The van der Waals surface area contributed by atoms with Crippen molar-refractivity contribution in [3.8, 4) is 0 Å². The van der Waals surface area contributed by atoms with E-state index in [0.29, 0.717) is 18.9 Å². The number of halogens is 8. The second-order valence-electron chi connectivity index (χ2n) is 10.8. The third kappa shape index (κ3) is 4.56. The molecular formula is C27H25F8NO4S2. The number of hydrogen-bond acceptors (Lipinski definition) is 4. The van der Waals surface area contributed by atoms with Crippen LogP contribution in [0.25, 0.3) is 0 Å². The lowest BCUT2D eigenvalue weighted by Crippen LogP contribution is -2.54. The van der Waals surface area contributed by atoms with Gasteiger partial charge in [-0.3, -0.25) is 9.00 Å². The van der Waals surface area contributed by atoms with Crippen LogP contribution in [-0.4, -0.2) is 59.9 Å². The van der Waals surface area contributed by atoms with Crippen LogP contribution >= 0.6 is 0 Å². The van der Waals surface area contributed by atoms with Crippen molar-refractivity contribution in [2.45, 2.75) is 65.8 Å². The van der Waals surface area contributed by atoms with Gasteiger partial charge in [0, 0.05) is 40.3 Å². The smallest absolute Gasteiger partial charge is 0.337 e. The SMILES string of the molecule is O=C(C1CCS(=O)CC1)N1CCC2(S(=O)(=O)c3cccc(F)c3)c3ccc(C(F)(C(F)(F)F)C(F)(F)F)cc3CCC12.